The van der Waals surface area contributed by atoms with Crippen molar-refractivity contribution in [3.63, 3.8) is 0 Å². The largest absolute Gasteiger partial charge is 0.444 e. The topological polar surface area (TPSA) is 105 Å². The monoisotopic (exact) mass is 513 g/mol. The summed E-state index contributed by atoms with van der Waals surface area (Å²) in [6.07, 6.45) is 0.709. The number of carbonyl (C=O) groups is 2. The predicted octanol–water partition coefficient (Wildman–Crippen LogP) is 5.75. The summed E-state index contributed by atoms with van der Waals surface area (Å²) in [4.78, 5) is 34.3. The van der Waals surface area contributed by atoms with E-state index in [2.05, 4.69) is 25.9 Å². The zero-order valence-electron chi connectivity index (χ0n) is 19.3. The van der Waals surface area contributed by atoms with Crippen molar-refractivity contribution in [2.24, 2.45) is 0 Å². The summed E-state index contributed by atoms with van der Waals surface area (Å²) in [6.45, 7) is 6.32. The lowest BCUT2D eigenvalue weighted by Gasteiger charge is -2.19. The van der Waals surface area contributed by atoms with Gasteiger partial charge in [-0.05, 0) is 51.1 Å². The molecular weight excluding hydrogens is 489 g/mol. The first kappa shape index (κ1) is 24.6. The second kappa shape index (κ2) is 10.4. The van der Waals surface area contributed by atoms with Gasteiger partial charge in [0, 0.05) is 24.3 Å². The molecule has 3 aromatic heterocycles. The van der Waals surface area contributed by atoms with Crippen LogP contribution in [0.1, 0.15) is 30.4 Å². The Labute approximate surface area is 209 Å². The van der Waals surface area contributed by atoms with Crippen LogP contribution in [-0.4, -0.2) is 40.7 Å². The molecule has 0 saturated heterocycles. The summed E-state index contributed by atoms with van der Waals surface area (Å²) in [5, 5.41) is 9.45. The molecule has 0 atom stereocenters. The molecule has 0 fully saturated rings. The summed E-state index contributed by atoms with van der Waals surface area (Å²) in [5.74, 6) is -0.606. The SMILES string of the molecule is CC(C)(C)OC(=O)NCCNc1nc2sc(C(=O)Nc3ccc(-c4ccc(F)cn4)cc3)cc2s1. The van der Waals surface area contributed by atoms with Crippen LogP contribution in [0.15, 0.2) is 48.7 Å². The molecule has 0 aliphatic carbocycles. The summed E-state index contributed by atoms with van der Waals surface area (Å²) in [5.41, 5.74) is 1.58. The van der Waals surface area contributed by atoms with Gasteiger partial charge >= 0.3 is 6.09 Å². The minimum atomic E-state index is -0.536. The number of pyridine rings is 1. The average Bonchev–Trinajstić information content (AvgIpc) is 3.36. The van der Waals surface area contributed by atoms with E-state index in [1.165, 1.54) is 34.9 Å². The molecule has 8 nitrogen and oxygen atoms in total. The molecule has 4 rings (SSSR count). The molecule has 0 radical (unpaired) electrons. The first-order valence-corrected chi connectivity index (χ1v) is 12.4. The number of fused-ring (bicyclic) bond motifs is 1. The highest BCUT2D eigenvalue weighted by Gasteiger charge is 2.16. The summed E-state index contributed by atoms with van der Waals surface area (Å²) in [6, 6.07) is 12.0. The van der Waals surface area contributed by atoms with E-state index in [-0.39, 0.29) is 11.7 Å². The Hall–Kier alpha value is -3.57. The molecule has 0 unspecified atom stereocenters. The molecule has 0 aliphatic rings. The van der Waals surface area contributed by atoms with Gasteiger partial charge in [-0.1, -0.05) is 23.5 Å². The van der Waals surface area contributed by atoms with Crippen molar-refractivity contribution in [2.45, 2.75) is 26.4 Å². The predicted molar refractivity (Wildman–Crippen MR) is 138 cm³/mol. The molecular formula is C24H24FN5O3S2. The number of rotatable bonds is 7. The first-order valence-electron chi connectivity index (χ1n) is 10.8. The molecule has 0 bridgehead atoms. The third-order valence-electron chi connectivity index (χ3n) is 4.55. The standard InChI is InChI=1S/C24H24FN5O3S2/c1-24(2,3)33-23(32)27-11-10-26-22-30-21-19(35-22)12-18(34-21)20(31)29-16-7-4-14(5-8-16)17-9-6-15(25)13-28-17/h4-9,12-13H,10-11H2,1-3H3,(H,26,30)(H,27,32)(H,29,31). The quantitative estimate of drug-likeness (QED) is 0.272. The van der Waals surface area contributed by atoms with Crippen LogP contribution in [0.4, 0.5) is 20.0 Å². The maximum Gasteiger partial charge on any atom is 0.407 e. The van der Waals surface area contributed by atoms with Crippen molar-refractivity contribution < 1.29 is 18.7 Å². The van der Waals surface area contributed by atoms with E-state index < -0.39 is 11.7 Å². The number of thiophene rings is 1. The van der Waals surface area contributed by atoms with Gasteiger partial charge in [0.2, 0.25) is 0 Å². The highest BCUT2D eigenvalue weighted by Crippen LogP contribution is 2.33. The fourth-order valence-electron chi connectivity index (χ4n) is 3.03. The molecule has 3 N–H and O–H groups in total. The highest BCUT2D eigenvalue weighted by molar-refractivity contribution is 7.29. The van der Waals surface area contributed by atoms with Gasteiger partial charge in [0.25, 0.3) is 5.91 Å². The fraction of sp³-hybridized carbons (Fsp3) is 0.250. The Balaban J connectivity index is 1.29. The highest BCUT2D eigenvalue weighted by atomic mass is 32.1. The molecule has 0 saturated carbocycles. The Morgan fingerprint density at radius 3 is 2.49 bits per heavy atom. The number of amides is 2. The fourth-order valence-corrected chi connectivity index (χ4v) is 5.07. The third-order valence-corrected chi connectivity index (χ3v) is 6.67. The van der Waals surface area contributed by atoms with E-state index in [0.717, 1.165) is 15.1 Å². The van der Waals surface area contributed by atoms with Crippen LogP contribution in [0.5, 0.6) is 0 Å². The first-order chi connectivity index (χ1) is 16.7. The Kier molecular flexibility index (Phi) is 7.27. The normalized spacial score (nSPS) is 11.3. The third kappa shape index (κ3) is 6.74. The number of ether oxygens (including phenoxy) is 1. The van der Waals surface area contributed by atoms with Gasteiger partial charge in [0.1, 0.15) is 16.2 Å². The Bertz CT molecular complexity index is 1300. The van der Waals surface area contributed by atoms with Gasteiger partial charge in [-0.3, -0.25) is 9.78 Å². The molecule has 3 heterocycles. The van der Waals surface area contributed by atoms with Crippen LogP contribution < -0.4 is 16.0 Å². The second-order valence-corrected chi connectivity index (χ2v) is 10.6. The Morgan fingerprint density at radius 2 is 1.83 bits per heavy atom. The van der Waals surface area contributed by atoms with Gasteiger partial charge in [-0.15, -0.1) is 11.3 Å². The smallest absolute Gasteiger partial charge is 0.407 e. The van der Waals surface area contributed by atoms with Crippen molar-refractivity contribution in [1.29, 1.82) is 0 Å². The lowest BCUT2D eigenvalue weighted by Crippen LogP contribution is -2.34. The lowest BCUT2D eigenvalue weighted by atomic mass is 10.1. The lowest BCUT2D eigenvalue weighted by molar-refractivity contribution is 0.0530. The maximum atomic E-state index is 13.1. The number of benzene rings is 1. The van der Waals surface area contributed by atoms with Crippen molar-refractivity contribution in [3.05, 3.63) is 59.4 Å². The van der Waals surface area contributed by atoms with E-state index in [4.69, 9.17) is 4.74 Å². The average molecular weight is 514 g/mol. The molecule has 0 spiro atoms. The van der Waals surface area contributed by atoms with Crippen LogP contribution >= 0.6 is 22.7 Å². The number of hydrogen-bond acceptors (Lipinski definition) is 8. The van der Waals surface area contributed by atoms with Gasteiger partial charge < -0.3 is 20.7 Å². The molecule has 0 aliphatic heterocycles. The van der Waals surface area contributed by atoms with Crippen molar-refractivity contribution in [2.75, 3.05) is 23.7 Å². The van der Waals surface area contributed by atoms with Crippen LogP contribution in [0.3, 0.4) is 0 Å². The number of alkyl carbamates (subject to hydrolysis) is 1. The number of aromatic nitrogens is 2. The van der Waals surface area contributed by atoms with Crippen molar-refractivity contribution in [1.82, 2.24) is 15.3 Å². The minimum Gasteiger partial charge on any atom is -0.444 e. The van der Waals surface area contributed by atoms with Crippen molar-refractivity contribution >= 4 is 55.0 Å². The van der Waals surface area contributed by atoms with Gasteiger partial charge in [-0.2, -0.15) is 0 Å². The van der Waals surface area contributed by atoms with Crippen LogP contribution in [-0.2, 0) is 4.74 Å². The Morgan fingerprint density at radius 1 is 1.06 bits per heavy atom. The van der Waals surface area contributed by atoms with Gasteiger partial charge in [-0.25, -0.2) is 14.2 Å². The molecule has 11 heteroatoms. The number of halogens is 1. The molecule has 4 aromatic rings. The maximum absolute atomic E-state index is 13.1. The summed E-state index contributed by atoms with van der Waals surface area (Å²) >= 11 is 2.75. The van der Waals surface area contributed by atoms with E-state index in [1.807, 2.05) is 39.0 Å². The second-order valence-electron chi connectivity index (χ2n) is 8.55. The number of nitrogens with zero attached hydrogens (tertiary/aromatic N) is 2. The number of hydrogen-bond donors (Lipinski definition) is 3. The van der Waals surface area contributed by atoms with Crippen LogP contribution in [0.25, 0.3) is 20.8 Å². The van der Waals surface area contributed by atoms with E-state index >= 15 is 0 Å². The summed E-state index contributed by atoms with van der Waals surface area (Å²) in [7, 11) is 0. The summed E-state index contributed by atoms with van der Waals surface area (Å²) < 4.78 is 19.1. The molecule has 182 valence electrons. The number of anilines is 2. The zero-order chi connectivity index (χ0) is 25.0. The van der Waals surface area contributed by atoms with E-state index in [0.29, 0.717) is 34.5 Å². The van der Waals surface area contributed by atoms with Gasteiger partial charge in [0.05, 0.1) is 21.5 Å². The number of carbonyl (C=O) groups excluding carboxylic acids is 2. The molecule has 2 amide bonds. The van der Waals surface area contributed by atoms with Crippen LogP contribution in [0.2, 0.25) is 0 Å². The zero-order valence-corrected chi connectivity index (χ0v) is 21.0. The van der Waals surface area contributed by atoms with E-state index in [9.17, 15) is 14.0 Å². The van der Waals surface area contributed by atoms with Gasteiger partial charge in [0.15, 0.2) is 5.13 Å². The molecule has 1 aromatic carbocycles. The van der Waals surface area contributed by atoms with Crippen molar-refractivity contribution in [3.8, 4) is 11.3 Å². The van der Waals surface area contributed by atoms with Crippen LogP contribution in [0, 0.1) is 5.82 Å². The number of nitrogens with one attached hydrogen (secondary N) is 3. The minimum absolute atomic E-state index is 0.219. The van der Waals surface area contributed by atoms with E-state index in [1.54, 1.807) is 18.2 Å². The number of thiazole rings is 1. The molecule has 35 heavy (non-hydrogen) atoms.